The van der Waals surface area contributed by atoms with E-state index in [4.69, 9.17) is 11.6 Å². The molecule has 1 aliphatic rings. The molecule has 1 heterocycles. The number of fused-ring (bicyclic) bond motifs is 1. The molecule has 0 atom stereocenters. The maximum absolute atomic E-state index is 6.83. The number of benzene rings is 3. The van der Waals surface area contributed by atoms with Gasteiger partial charge in [-0.3, -0.25) is 0 Å². The van der Waals surface area contributed by atoms with Crippen LogP contribution in [-0.4, -0.2) is 6.85 Å². The first-order valence-electron chi connectivity index (χ1n) is 7.70. The third kappa shape index (κ3) is 2.56. The second-order valence-electron chi connectivity index (χ2n) is 5.63. The number of anilines is 1. The Kier molecular flexibility index (Phi) is 3.68. The highest BCUT2D eigenvalue weighted by molar-refractivity contribution is 6.96. The lowest BCUT2D eigenvalue weighted by Gasteiger charge is -2.28. The molecule has 0 bridgehead atoms. The van der Waals surface area contributed by atoms with Crippen LogP contribution < -0.4 is 10.7 Å². The smallest absolute Gasteiger partial charge is 0.323 e. The van der Waals surface area contributed by atoms with Crippen molar-refractivity contribution in [2.75, 3.05) is 5.23 Å². The summed E-state index contributed by atoms with van der Waals surface area (Å²) in [7, 11) is 0. The molecule has 0 spiro atoms. The average Bonchev–Trinajstić information content (AvgIpc) is 2.63. The van der Waals surface area contributed by atoms with Gasteiger partial charge in [0.1, 0.15) is 0 Å². The molecular formula is C20H15BClN. The Morgan fingerprint density at radius 2 is 1.30 bits per heavy atom. The van der Waals surface area contributed by atoms with Gasteiger partial charge < -0.3 is 5.23 Å². The lowest BCUT2D eigenvalue weighted by Crippen LogP contribution is -2.42. The highest BCUT2D eigenvalue weighted by Crippen LogP contribution is 2.39. The molecule has 0 amide bonds. The maximum atomic E-state index is 6.83. The second-order valence-corrected chi connectivity index (χ2v) is 6.01. The van der Waals surface area contributed by atoms with Gasteiger partial charge in [0.05, 0.1) is 0 Å². The van der Waals surface area contributed by atoms with Crippen molar-refractivity contribution in [1.82, 2.24) is 0 Å². The van der Waals surface area contributed by atoms with Crippen LogP contribution in [0.25, 0.3) is 10.5 Å². The fourth-order valence-electron chi connectivity index (χ4n) is 3.11. The molecule has 1 N–H and O–H groups in total. The normalized spacial score (nSPS) is 13.5. The Morgan fingerprint density at radius 1 is 0.696 bits per heavy atom. The van der Waals surface area contributed by atoms with Crippen LogP contribution in [0.15, 0.2) is 84.9 Å². The molecule has 0 aromatic heterocycles. The fraction of sp³-hybridized carbons (Fsp3) is 0. The summed E-state index contributed by atoms with van der Waals surface area (Å²) < 4.78 is 0. The molecule has 1 aliphatic heterocycles. The topological polar surface area (TPSA) is 12.0 Å². The first kappa shape index (κ1) is 14.2. The first-order valence-corrected chi connectivity index (χ1v) is 8.08. The van der Waals surface area contributed by atoms with E-state index in [1.165, 1.54) is 5.46 Å². The van der Waals surface area contributed by atoms with Gasteiger partial charge in [0.15, 0.2) is 0 Å². The van der Waals surface area contributed by atoms with Crippen molar-refractivity contribution < 1.29 is 0 Å². The fourth-order valence-corrected chi connectivity index (χ4v) is 3.49. The number of hydrogen-bond donors (Lipinski definition) is 1. The molecule has 3 heteroatoms. The lowest BCUT2D eigenvalue weighted by molar-refractivity contribution is 1.57. The van der Waals surface area contributed by atoms with Crippen molar-refractivity contribution in [2.24, 2.45) is 0 Å². The highest BCUT2D eigenvalue weighted by atomic mass is 35.5. The largest absolute Gasteiger partial charge is 0.420 e. The predicted octanol–water partition coefficient (Wildman–Crippen LogP) is 4.66. The van der Waals surface area contributed by atoms with Crippen LogP contribution in [0, 0.1) is 0 Å². The van der Waals surface area contributed by atoms with E-state index in [2.05, 4.69) is 65.9 Å². The Hall–Kier alpha value is -2.45. The van der Waals surface area contributed by atoms with Crippen molar-refractivity contribution in [1.29, 1.82) is 0 Å². The summed E-state index contributed by atoms with van der Waals surface area (Å²) in [6.07, 6.45) is 0. The third-order valence-corrected chi connectivity index (χ3v) is 4.61. The van der Waals surface area contributed by atoms with E-state index in [9.17, 15) is 0 Å². The second kappa shape index (κ2) is 5.98. The molecule has 0 aliphatic carbocycles. The summed E-state index contributed by atoms with van der Waals surface area (Å²) in [6, 6.07) is 29.0. The molecule has 0 unspecified atom stereocenters. The Balaban J connectivity index is 1.95. The molecule has 0 saturated heterocycles. The van der Waals surface area contributed by atoms with Crippen LogP contribution in [0.3, 0.4) is 0 Å². The molecule has 3 aromatic carbocycles. The Morgan fingerprint density at radius 3 is 2.04 bits per heavy atom. The van der Waals surface area contributed by atoms with Crippen LogP contribution in [-0.2, 0) is 0 Å². The van der Waals surface area contributed by atoms with E-state index < -0.39 is 0 Å². The summed E-state index contributed by atoms with van der Waals surface area (Å²) >= 11 is 6.83. The predicted molar refractivity (Wildman–Crippen MR) is 101 cm³/mol. The van der Waals surface area contributed by atoms with Gasteiger partial charge in [0, 0.05) is 16.3 Å². The maximum Gasteiger partial charge on any atom is 0.323 e. The Labute approximate surface area is 141 Å². The number of rotatable bonds is 2. The zero-order valence-electron chi connectivity index (χ0n) is 12.5. The standard InChI is InChI=1S/C20H15BClN/c22-20-17-13-7-8-14-18(17)23-21(16-11-5-2-6-12-16)19(20)15-9-3-1-4-10-15/h1-14,23H. The van der Waals surface area contributed by atoms with Crippen molar-refractivity contribution >= 4 is 40.1 Å². The van der Waals surface area contributed by atoms with Crippen LogP contribution in [0.5, 0.6) is 0 Å². The number of hydrogen-bond acceptors (Lipinski definition) is 1. The third-order valence-electron chi connectivity index (χ3n) is 4.21. The summed E-state index contributed by atoms with van der Waals surface area (Å²) in [5, 5.41) is 4.47. The van der Waals surface area contributed by atoms with Crippen molar-refractivity contribution in [3.05, 3.63) is 96.1 Å². The molecule has 23 heavy (non-hydrogen) atoms. The van der Waals surface area contributed by atoms with Crippen molar-refractivity contribution in [3.63, 3.8) is 0 Å². The van der Waals surface area contributed by atoms with E-state index in [1.807, 2.05) is 24.3 Å². The van der Waals surface area contributed by atoms with Gasteiger partial charge in [-0.15, -0.1) is 0 Å². The van der Waals surface area contributed by atoms with Gasteiger partial charge in [-0.1, -0.05) is 95.9 Å². The van der Waals surface area contributed by atoms with Crippen molar-refractivity contribution in [3.8, 4) is 0 Å². The quantitative estimate of drug-likeness (QED) is 0.678. The van der Waals surface area contributed by atoms with Crippen molar-refractivity contribution in [2.45, 2.75) is 0 Å². The van der Waals surface area contributed by atoms with Crippen LogP contribution in [0.4, 0.5) is 5.69 Å². The molecule has 0 saturated carbocycles. The Bertz CT molecular complexity index is 859. The number of para-hydroxylation sites is 1. The summed E-state index contributed by atoms with van der Waals surface area (Å²) in [5.41, 5.74) is 5.61. The molecule has 3 aromatic rings. The van der Waals surface area contributed by atoms with Gasteiger partial charge in [0.25, 0.3) is 0 Å². The molecular weight excluding hydrogens is 300 g/mol. The average molecular weight is 316 g/mol. The van der Waals surface area contributed by atoms with Gasteiger partial charge >= 0.3 is 6.85 Å². The van der Waals surface area contributed by atoms with E-state index in [0.29, 0.717) is 0 Å². The summed E-state index contributed by atoms with van der Waals surface area (Å²) in [5.74, 6) is 0. The lowest BCUT2D eigenvalue weighted by atomic mass is 9.47. The van der Waals surface area contributed by atoms with Crippen LogP contribution in [0.2, 0.25) is 0 Å². The molecule has 0 radical (unpaired) electrons. The van der Waals surface area contributed by atoms with Gasteiger partial charge in [-0.2, -0.15) is 0 Å². The van der Waals surface area contributed by atoms with E-state index in [0.717, 1.165) is 27.3 Å². The van der Waals surface area contributed by atoms with E-state index in [-0.39, 0.29) is 6.85 Å². The van der Waals surface area contributed by atoms with Gasteiger partial charge in [0.2, 0.25) is 0 Å². The molecule has 0 fully saturated rings. The van der Waals surface area contributed by atoms with E-state index >= 15 is 0 Å². The highest BCUT2D eigenvalue weighted by Gasteiger charge is 2.31. The minimum absolute atomic E-state index is 0.0426. The van der Waals surface area contributed by atoms with Gasteiger partial charge in [-0.05, 0) is 17.1 Å². The number of halogens is 1. The molecule has 1 nitrogen and oxygen atoms in total. The first-order chi connectivity index (χ1) is 11.3. The van der Waals surface area contributed by atoms with Crippen LogP contribution in [0.1, 0.15) is 11.1 Å². The monoisotopic (exact) mass is 315 g/mol. The van der Waals surface area contributed by atoms with Crippen LogP contribution >= 0.6 is 11.6 Å². The SMILES string of the molecule is ClC1=C(c2ccccc2)B(c2ccccc2)Nc2ccccc21. The number of nitrogens with one attached hydrogen (secondary N) is 1. The molecule has 110 valence electrons. The zero-order valence-corrected chi connectivity index (χ0v) is 13.3. The summed E-state index contributed by atoms with van der Waals surface area (Å²) in [4.78, 5) is 0. The minimum Gasteiger partial charge on any atom is -0.420 e. The van der Waals surface area contributed by atoms with Gasteiger partial charge in [-0.25, -0.2) is 0 Å². The zero-order chi connectivity index (χ0) is 15.6. The van der Waals surface area contributed by atoms with E-state index in [1.54, 1.807) is 0 Å². The molecule has 4 rings (SSSR count). The minimum atomic E-state index is 0.0426. The summed E-state index contributed by atoms with van der Waals surface area (Å²) in [6.45, 7) is 0.0426.